The average Bonchev–Trinajstić information content (AvgIpc) is 3.39. The Morgan fingerprint density at radius 3 is 2.23 bits per heavy atom. The highest BCUT2D eigenvalue weighted by atomic mass is 35.5. The molecule has 0 unspecified atom stereocenters. The number of aromatic nitrogens is 2. The molecule has 0 radical (unpaired) electrons. The van der Waals surface area contributed by atoms with Crippen LogP contribution in [0.2, 0.25) is 5.02 Å². The summed E-state index contributed by atoms with van der Waals surface area (Å²) in [6.45, 7) is 0.0103. The lowest BCUT2D eigenvalue weighted by Gasteiger charge is -2.25. The monoisotopic (exact) mass is 598 g/mol. The van der Waals surface area contributed by atoms with Crippen LogP contribution in [0.15, 0.2) is 78.9 Å². The number of fused-ring (bicyclic) bond motifs is 1. The summed E-state index contributed by atoms with van der Waals surface area (Å²) in [5, 5.41) is 19.6. The first-order chi connectivity index (χ1) is 20.8. The highest BCUT2D eigenvalue weighted by molar-refractivity contribution is 6.30. The summed E-state index contributed by atoms with van der Waals surface area (Å²) in [5.74, 6) is -1.90. The van der Waals surface area contributed by atoms with E-state index >= 15 is 4.39 Å². The quantitative estimate of drug-likeness (QED) is 0.185. The number of rotatable bonds is 8. The van der Waals surface area contributed by atoms with Crippen molar-refractivity contribution in [3.05, 3.63) is 106 Å². The number of aromatic carboxylic acids is 2. The predicted molar refractivity (Wildman–Crippen MR) is 162 cm³/mol. The molecular weight excluding hydrogens is 571 g/mol. The third-order valence-electron chi connectivity index (χ3n) is 7.96. The van der Waals surface area contributed by atoms with E-state index in [1.165, 1.54) is 18.2 Å². The van der Waals surface area contributed by atoms with Crippen molar-refractivity contribution >= 4 is 34.6 Å². The van der Waals surface area contributed by atoms with Gasteiger partial charge in [0.25, 0.3) is 0 Å². The molecule has 7 nitrogen and oxygen atoms in total. The van der Waals surface area contributed by atoms with Gasteiger partial charge < -0.3 is 19.5 Å². The molecule has 43 heavy (non-hydrogen) atoms. The Kier molecular flexibility index (Phi) is 7.86. The van der Waals surface area contributed by atoms with Crippen LogP contribution >= 0.6 is 11.6 Å². The highest BCUT2D eigenvalue weighted by Gasteiger charge is 2.24. The second kappa shape index (κ2) is 11.9. The number of carbonyl (C=O) groups is 2. The van der Waals surface area contributed by atoms with Crippen molar-refractivity contribution in [1.29, 1.82) is 0 Å². The smallest absolute Gasteiger partial charge is 0.335 e. The number of halogens is 2. The first-order valence-corrected chi connectivity index (χ1v) is 14.5. The van der Waals surface area contributed by atoms with E-state index in [4.69, 9.17) is 21.3 Å². The Balaban J connectivity index is 1.33. The van der Waals surface area contributed by atoms with E-state index in [0.717, 1.165) is 48.7 Å². The van der Waals surface area contributed by atoms with Crippen LogP contribution in [0.25, 0.3) is 33.5 Å². The lowest BCUT2D eigenvalue weighted by molar-refractivity contribution is 0.0686. The Labute approximate surface area is 252 Å². The van der Waals surface area contributed by atoms with Gasteiger partial charge in [-0.15, -0.1) is 0 Å². The van der Waals surface area contributed by atoms with Crippen molar-refractivity contribution in [3.8, 4) is 28.3 Å². The minimum absolute atomic E-state index is 0.0103. The maximum atomic E-state index is 15.8. The van der Waals surface area contributed by atoms with Crippen molar-refractivity contribution in [2.75, 3.05) is 0 Å². The third-order valence-corrected chi connectivity index (χ3v) is 8.21. The summed E-state index contributed by atoms with van der Waals surface area (Å²) in [4.78, 5) is 28.0. The summed E-state index contributed by atoms with van der Waals surface area (Å²) < 4.78 is 23.8. The van der Waals surface area contributed by atoms with Crippen LogP contribution in [-0.4, -0.2) is 31.7 Å². The minimum atomic E-state index is -1.06. The molecule has 1 aliphatic carbocycles. The molecule has 2 N–H and O–H groups in total. The van der Waals surface area contributed by atoms with Crippen LogP contribution in [0.5, 0.6) is 5.75 Å². The van der Waals surface area contributed by atoms with Gasteiger partial charge in [-0.05, 0) is 84.1 Å². The van der Waals surface area contributed by atoms with Gasteiger partial charge in [0.2, 0.25) is 0 Å². The van der Waals surface area contributed by atoms with Crippen molar-refractivity contribution in [2.45, 2.75) is 44.8 Å². The second-order valence-corrected chi connectivity index (χ2v) is 11.2. The highest BCUT2D eigenvalue weighted by Crippen LogP contribution is 2.38. The number of ether oxygens (including phenoxy) is 1. The maximum Gasteiger partial charge on any atom is 0.335 e. The van der Waals surface area contributed by atoms with E-state index in [1.807, 2.05) is 12.1 Å². The van der Waals surface area contributed by atoms with Crippen molar-refractivity contribution < 1.29 is 28.9 Å². The third kappa shape index (κ3) is 5.83. The zero-order valence-electron chi connectivity index (χ0n) is 23.1. The van der Waals surface area contributed by atoms with Gasteiger partial charge in [0.05, 0.1) is 27.7 Å². The van der Waals surface area contributed by atoms with Crippen LogP contribution in [0, 0.1) is 5.82 Å². The Morgan fingerprint density at radius 1 is 0.860 bits per heavy atom. The van der Waals surface area contributed by atoms with Crippen LogP contribution in [0.1, 0.15) is 64.4 Å². The van der Waals surface area contributed by atoms with Gasteiger partial charge in [0, 0.05) is 17.1 Å². The molecule has 4 aromatic carbocycles. The van der Waals surface area contributed by atoms with Crippen LogP contribution < -0.4 is 4.74 Å². The molecule has 9 heteroatoms. The number of imidazole rings is 1. The summed E-state index contributed by atoms with van der Waals surface area (Å²) in [6.07, 6.45) is 5.15. The lowest BCUT2D eigenvalue weighted by atomic mass is 9.94. The number of carboxylic acids is 2. The number of benzene rings is 4. The van der Waals surface area contributed by atoms with Crippen LogP contribution in [0.3, 0.4) is 0 Å². The SMILES string of the molecule is O=C(O)c1ccc(-c2ccc(Cl)cc2)c(COc2ccc(-c3nc4cc(C(=O)O)ccc4n3C3CCCCC3)c(F)c2)c1. The molecular formula is C34H28ClFN2O5. The molecule has 218 valence electrons. The summed E-state index contributed by atoms with van der Waals surface area (Å²) in [7, 11) is 0. The van der Waals surface area contributed by atoms with Crippen molar-refractivity contribution in [2.24, 2.45) is 0 Å². The van der Waals surface area contributed by atoms with Gasteiger partial charge in [-0.25, -0.2) is 19.0 Å². The molecule has 0 amide bonds. The van der Waals surface area contributed by atoms with E-state index in [9.17, 15) is 19.8 Å². The zero-order chi connectivity index (χ0) is 30.1. The fraction of sp³-hybridized carbons (Fsp3) is 0.206. The fourth-order valence-electron chi connectivity index (χ4n) is 5.82. The number of carboxylic acid groups (broad SMARTS) is 2. The van der Waals surface area contributed by atoms with Gasteiger partial charge in [-0.3, -0.25) is 0 Å². The van der Waals surface area contributed by atoms with E-state index < -0.39 is 17.8 Å². The van der Waals surface area contributed by atoms with E-state index in [2.05, 4.69) is 4.57 Å². The molecule has 0 aliphatic heterocycles. The Bertz CT molecular complexity index is 1840. The molecule has 1 saturated carbocycles. The van der Waals surface area contributed by atoms with Crippen LogP contribution in [-0.2, 0) is 6.61 Å². The molecule has 1 aliphatic rings. The normalized spacial score (nSPS) is 13.7. The van der Waals surface area contributed by atoms with Gasteiger partial charge >= 0.3 is 11.9 Å². The molecule has 6 rings (SSSR count). The molecule has 1 fully saturated rings. The first kappa shape index (κ1) is 28.4. The maximum absolute atomic E-state index is 15.8. The number of hydrogen-bond acceptors (Lipinski definition) is 4. The van der Waals surface area contributed by atoms with Gasteiger partial charge in [0.15, 0.2) is 0 Å². The average molecular weight is 599 g/mol. The van der Waals surface area contributed by atoms with Crippen LogP contribution in [0.4, 0.5) is 4.39 Å². The Morgan fingerprint density at radius 2 is 1.53 bits per heavy atom. The molecule has 0 bridgehead atoms. The number of nitrogens with zero attached hydrogens (tertiary/aromatic N) is 2. The molecule has 0 spiro atoms. The fourth-order valence-corrected chi connectivity index (χ4v) is 5.94. The van der Waals surface area contributed by atoms with Crippen molar-refractivity contribution in [3.63, 3.8) is 0 Å². The molecule has 5 aromatic rings. The lowest BCUT2D eigenvalue weighted by Crippen LogP contribution is -2.14. The summed E-state index contributed by atoms with van der Waals surface area (Å²) in [5.41, 5.74) is 4.07. The Hall–Kier alpha value is -4.69. The van der Waals surface area contributed by atoms with E-state index in [-0.39, 0.29) is 29.5 Å². The summed E-state index contributed by atoms with van der Waals surface area (Å²) >= 11 is 6.05. The standard InChI is InChI=1S/C34H28ClFN2O5/c35-24-10-6-20(7-11-24)27-13-8-21(33(39)40)16-23(27)19-43-26-12-14-28(29(36)18-26)32-37-30-17-22(34(41)42)9-15-31(30)38(32)25-4-2-1-3-5-25/h6-18,25H,1-5,19H2,(H,39,40)(H,41,42). The largest absolute Gasteiger partial charge is 0.489 e. The van der Waals surface area contributed by atoms with E-state index in [0.29, 0.717) is 27.5 Å². The second-order valence-electron chi connectivity index (χ2n) is 10.7. The predicted octanol–water partition coefficient (Wildman–Crippen LogP) is 8.64. The van der Waals surface area contributed by atoms with Gasteiger partial charge in [0.1, 0.15) is 24.0 Å². The molecule has 1 heterocycles. The molecule has 1 aromatic heterocycles. The molecule has 0 atom stereocenters. The van der Waals surface area contributed by atoms with Crippen molar-refractivity contribution in [1.82, 2.24) is 9.55 Å². The topological polar surface area (TPSA) is 102 Å². The van der Waals surface area contributed by atoms with E-state index in [1.54, 1.807) is 48.5 Å². The molecule has 0 saturated heterocycles. The van der Waals surface area contributed by atoms with Gasteiger partial charge in [-0.1, -0.05) is 49.1 Å². The van der Waals surface area contributed by atoms with Gasteiger partial charge in [-0.2, -0.15) is 0 Å². The summed E-state index contributed by atoms with van der Waals surface area (Å²) in [6, 6.07) is 21.5. The number of hydrogen-bond donors (Lipinski definition) is 2. The zero-order valence-corrected chi connectivity index (χ0v) is 23.9. The minimum Gasteiger partial charge on any atom is -0.489 e. The first-order valence-electron chi connectivity index (χ1n) is 14.1.